The number of sulfone groups is 1. The number of rotatable bonds is 5. The summed E-state index contributed by atoms with van der Waals surface area (Å²) in [6.07, 6.45) is 2.31. The Morgan fingerprint density at radius 1 is 1.32 bits per heavy atom. The second-order valence-corrected chi connectivity index (χ2v) is 6.66. The maximum Gasteiger partial charge on any atom is 0.191 e. The van der Waals surface area contributed by atoms with Crippen molar-refractivity contribution < 1.29 is 8.42 Å². The molecule has 5 nitrogen and oxygen atoms in total. The topological polar surface area (TPSA) is 70.6 Å². The van der Waals surface area contributed by atoms with Crippen LogP contribution in [0.3, 0.4) is 0 Å². The summed E-state index contributed by atoms with van der Waals surface area (Å²) in [6, 6.07) is 9.00. The molecule has 1 aliphatic carbocycles. The van der Waals surface area contributed by atoms with Crippen LogP contribution in [0.4, 0.5) is 0 Å². The maximum absolute atomic E-state index is 12.0. The average Bonchev–Trinajstić information content (AvgIpc) is 3.22. The lowest BCUT2D eigenvalue weighted by Crippen LogP contribution is -2.40. The van der Waals surface area contributed by atoms with Crippen LogP contribution in [-0.2, 0) is 9.84 Å². The van der Waals surface area contributed by atoms with Gasteiger partial charge in [0.15, 0.2) is 15.8 Å². The Hall–Kier alpha value is -1.56. The first kappa shape index (κ1) is 13.9. The molecule has 0 bridgehead atoms. The highest BCUT2D eigenvalue weighted by atomic mass is 32.2. The van der Waals surface area contributed by atoms with E-state index in [9.17, 15) is 8.42 Å². The fraction of sp³-hybridized carbons (Fsp3) is 0.462. The van der Waals surface area contributed by atoms with Gasteiger partial charge in [-0.05, 0) is 25.0 Å². The zero-order valence-corrected chi connectivity index (χ0v) is 11.8. The van der Waals surface area contributed by atoms with Crippen LogP contribution in [0.25, 0.3) is 0 Å². The van der Waals surface area contributed by atoms with Crippen LogP contribution in [0.2, 0.25) is 0 Å². The summed E-state index contributed by atoms with van der Waals surface area (Å²) < 4.78 is 24.1. The quantitative estimate of drug-likeness (QED) is 0.618. The van der Waals surface area contributed by atoms with E-state index in [1.54, 1.807) is 37.4 Å². The molecule has 1 aromatic carbocycles. The molecule has 1 aromatic rings. The van der Waals surface area contributed by atoms with Crippen LogP contribution < -0.4 is 10.6 Å². The van der Waals surface area contributed by atoms with Crippen molar-refractivity contribution in [3.63, 3.8) is 0 Å². The Morgan fingerprint density at radius 3 is 2.58 bits per heavy atom. The van der Waals surface area contributed by atoms with Gasteiger partial charge in [0.05, 0.1) is 10.6 Å². The highest BCUT2D eigenvalue weighted by molar-refractivity contribution is 7.91. The molecule has 0 radical (unpaired) electrons. The summed E-state index contributed by atoms with van der Waals surface area (Å²) in [5, 5.41) is 6.24. The molecule has 0 atom stereocenters. The highest BCUT2D eigenvalue weighted by Crippen LogP contribution is 2.18. The smallest absolute Gasteiger partial charge is 0.191 e. The van der Waals surface area contributed by atoms with E-state index in [0.29, 0.717) is 23.4 Å². The fourth-order valence-corrected chi connectivity index (χ4v) is 2.84. The molecule has 0 aliphatic heterocycles. The lowest BCUT2D eigenvalue weighted by atomic mass is 10.4. The van der Waals surface area contributed by atoms with Crippen LogP contribution in [0, 0.1) is 0 Å². The Bertz CT molecular complexity index is 536. The number of benzene rings is 1. The average molecular weight is 281 g/mol. The van der Waals surface area contributed by atoms with Gasteiger partial charge in [-0.2, -0.15) is 0 Å². The summed E-state index contributed by atoms with van der Waals surface area (Å²) in [4.78, 5) is 4.42. The van der Waals surface area contributed by atoms with Gasteiger partial charge in [0, 0.05) is 19.6 Å². The minimum Gasteiger partial charge on any atom is -0.355 e. The van der Waals surface area contributed by atoms with Crippen molar-refractivity contribution in [3.8, 4) is 0 Å². The molecule has 2 rings (SSSR count). The van der Waals surface area contributed by atoms with Crippen molar-refractivity contribution in [2.45, 2.75) is 23.8 Å². The number of hydrogen-bond acceptors (Lipinski definition) is 3. The van der Waals surface area contributed by atoms with E-state index in [1.165, 1.54) is 0 Å². The zero-order valence-electron chi connectivity index (χ0n) is 11.0. The number of hydrogen-bond donors (Lipinski definition) is 2. The molecule has 0 aromatic heterocycles. The molecule has 1 aliphatic rings. The Morgan fingerprint density at radius 2 is 2.00 bits per heavy atom. The first-order valence-electron chi connectivity index (χ1n) is 6.37. The van der Waals surface area contributed by atoms with Gasteiger partial charge in [-0.15, -0.1) is 0 Å². The van der Waals surface area contributed by atoms with Gasteiger partial charge in [0.2, 0.25) is 0 Å². The van der Waals surface area contributed by atoms with Gasteiger partial charge in [-0.3, -0.25) is 4.99 Å². The second-order valence-electron chi connectivity index (χ2n) is 4.55. The van der Waals surface area contributed by atoms with E-state index in [1.807, 2.05) is 0 Å². The molecular formula is C13H19N3O2S. The maximum atomic E-state index is 12.0. The standard InChI is InChI=1S/C13H19N3O2S/c1-14-13(16-11-7-8-11)15-9-10-19(17,18)12-5-3-2-4-6-12/h2-6,11H,7-10H2,1H3,(H2,14,15,16). The van der Waals surface area contributed by atoms with Gasteiger partial charge in [0.1, 0.15) is 0 Å². The molecule has 0 heterocycles. The van der Waals surface area contributed by atoms with Crippen LogP contribution in [0.5, 0.6) is 0 Å². The lowest BCUT2D eigenvalue weighted by molar-refractivity contribution is 0.594. The summed E-state index contributed by atoms with van der Waals surface area (Å²) in [5.41, 5.74) is 0. The molecular weight excluding hydrogens is 262 g/mol. The normalized spacial score (nSPS) is 16.2. The predicted octanol–water partition coefficient (Wildman–Crippen LogP) is 0.788. The van der Waals surface area contributed by atoms with E-state index in [4.69, 9.17) is 0 Å². The Kier molecular flexibility index (Phi) is 4.42. The molecule has 1 saturated carbocycles. The van der Waals surface area contributed by atoms with E-state index >= 15 is 0 Å². The van der Waals surface area contributed by atoms with Gasteiger partial charge in [-0.25, -0.2) is 8.42 Å². The van der Waals surface area contributed by atoms with Gasteiger partial charge >= 0.3 is 0 Å². The Labute approximate surface area is 114 Å². The van der Waals surface area contributed by atoms with Crippen molar-refractivity contribution in [1.82, 2.24) is 10.6 Å². The van der Waals surface area contributed by atoms with E-state index < -0.39 is 9.84 Å². The van der Waals surface area contributed by atoms with Crippen LogP contribution in [0.1, 0.15) is 12.8 Å². The molecule has 0 spiro atoms. The molecule has 19 heavy (non-hydrogen) atoms. The molecule has 6 heteroatoms. The third-order valence-corrected chi connectivity index (χ3v) is 4.64. The molecule has 1 fully saturated rings. The number of guanidine groups is 1. The lowest BCUT2D eigenvalue weighted by Gasteiger charge is -2.11. The van der Waals surface area contributed by atoms with Gasteiger partial charge in [-0.1, -0.05) is 18.2 Å². The third kappa shape index (κ3) is 4.24. The summed E-state index contributed by atoms with van der Waals surface area (Å²) in [7, 11) is -1.54. The summed E-state index contributed by atoms with van der Waals surface area (Å²) in [5.74, 6) is 0.730. The van der Waals surface area contributed by atoms with Gasteiger partial charge in [0.25, 0.3) is 0 Å². The van der Waals surface area contributed by atoms with Crippen molar-refractivity contribution >= 4 is 15.8 Å². The van der Waals surface area contributed by atoms with Crippen LogP contribution in [0.15, 0.2) is 40.2 Å². The largest absolute Gasteiger partial charge is 0.355 e. The predicted molar refractivity (Wildman–Crippen MR) is 76.0 cm³/mol. The number of nitrogens with zero attached hydrogens (tertiary/aromatic N) is 1. The number of nitrogens with one attached hydrogen (secondary N) is 2. The van der Waals surface area contributed by atoms with Crippen molar-refractivity contribution in [2.24, 2.45) is 4.99 Å². The molecule has 0 unspecified atom stereocenters. The van der Waals surface area contributed by atoms with Crippen molar-refractivity contribution in [1.29, 1.82) is 0 Å². The van der Waals surface area contributed by atoms with Gasteiger partial charge < -0.3 is 10.6 Å². The Balaban J connectivity index is 1.84. The monoisotopic (exact) mass is 281 g/mol. The minimum atomic E-state index is -3.22. The summed E-state index contributed by atoms with van der Waals surface area (Å²) in [6.45, 7) is 0.351. The fourth-order valence-electron chi connectivity index (χ4n) is 1.67. The van der Waals surface area contributed by atoms with Crippen LogP contribution in [-0.4, -0.2) is 39.8 Å². The highest BCUT2D eigenvalue weighted by Gasteiger charge is 2.22. The second kappa shape index (κ2) is 6.06. The number of aliphatic imine (C=N–C) groups is 1. The molecule has 2 N–H and O–H groups in total. The first-order valence-corrected chi connectivity index (χ1v) is 8.02. The van der Waals surface area contributed by atoms with E-state index in [0.717, 1.165) is 12.8 Å². The molecule has 0 amide bonds. The minimum absolute atomic E-state index is 0.0579. The van der Waals surface area contributed by atoms with E-state index in [-0.39, 0.29) is 5.75 Å². The van der Waals surface area contributed by atoms with Crippen molar-refractivity contribution in [3.05, 3.63) is 30.3 Å². The van der Waals surface area contributed by atoms with Crippen LogP contribution >= 0.6 is 0 Å². The van der Waals surface area contributed by atoms with Crippen molar-refractivity contribution in [2.75, 3.05) is 19.3 Å². The van der Waals surface area contributed by atoms with E-state index in [2.05, 4.69) is 15.6 Å². The zero-order chi connectivity index (χ0) is 13.7. The molecule has 104 valence electrons. The first-order chi connectivity index (χ1) is 9.12. The SMILES string of the molecule is CN=C(NCCS(=O)(=O)c1ccccc1)NC1CC1. The summed E-state index contributed by atoms with van der Waals surface area (Å²) >= 11 is 0. The molecule has 0 saturated heterocycles. The third-order valence-electron chi connectivity index (χ3n) is 2.91.